The quantitative estimate of drug-likeness (QED) is 0.471. The van der Waals surface area contributed by atoms with Crippen LogP contribution >= 0.6 is 0 Å². The number of fused-ring (bicyclic) bond motifs is 1. The summed E-state index contributed by atoms with van der Waals surface area (Å²) in [4.78, 5) is 19.0. The van der Waals surface area contributed by atoms with Gasteiger partial charge in [-0.3, -0.25) is 4.79 Å². The van der Waals surface area contributed by atoms with Crippen molar-refractivity contribution in [1.82, 2.24) is 9.80 Å². The van der Waals surface area contributed by atoms with Crippen LogP contribution < -0.4 is 0 Å². The maximum atomic E-state index is 10.9. The van der Waals surface area contributed by atoms with E-state index in [1.54, 1.807) is 0 Å². The number of guanidine groups is 1. The first-order valence-corrected chi connectivity index (χ1v) is 3.85. The van der Waals surface area contributed by atoms with Crippen molar-refractivity contribution in [2.45, 2.75) is 6.42 Å². The Morgan fingerprint density at radius 2 is 2.18 bits per heavy atom. The molecule has 0 atom stereocenters. The van der Waals surface area contributed by atoms with E-state index >= 15 is 0 Å². The van der Waals surface area contributed by atoms with E-state index in [4.69, 9.17) is 0 Å². The van der Waals surface area contributed by atoms with Crippen LogP contribution in [0.25, 0.3) is 0 Å². The topological polar surface area (TPSA) is 35.9 Å². The molecule has 2 heterocycles. The zero-order chi connectivity index (χ0) is 7.84. The highest BCUT2D eigenvalue weighted by Gasteiger charge is 2.27. The number of likely N-dealkylation sites (N-methyl/N-ethyl adjacent to an activating group) is 1. The summed E-state index contributed by atoms with van der Waals surface area (Å²) >= 11 is 0. The lowest BCUT2D eigenvalue weighted by Crippen LogP contribution is -2.37. The van der Waals surface area contributed by atoms with E-state index in [1.807, 2.05) is 11.9 Å². The smallest absolute Gasteiger partial charge is 0.250 e. The Bertz CT molecular complexity index is 224. The Kier molecular flexibility index (Phi) is 1.34. The molecule has 0 aromatic heterocycles. The van der Waals surface area contributed by atoms with Crippen molar-refractivity contribution in [3.05, 3.63) is 0 Å². The van der Waals surface area contributed by atoms with Gasteiger partial charge in [0.05, 0.1) is 0 Å². The van der Waals surface area contributed by atoms with Crippen LogP contribution in [-0.2, 0) is 4.79 Å². The summed E-state index contributed by atoms with van der Waals surface area (Å²) in [6.07, 6.45) is 0.581. The minimum atomic E-state index is 0.0185. The van der Waals surface area contributed by atoms with Crippen molar-refractivity contribution < 1.29 is 4.79 Å². The molecule has 0 N–H and O–H groups in total. The fraction of sp³-hybridized carbons (Fsp3) is 0.714. The van der Waals surface area contributed by atoms with Crippen molar-refractivity contribution >= 4 is 11.9 Å². The molecule has 0 radical (unpaired) electrons. The minimum absolute atomic E-state index is 0.0185. The first kappa shape index (κ1) is 6.64. The second kappa shape index (κ2) is 2.22. The van der Waals surface area contributed by atoms with Gasteiger partial charge in [0, 0.05) is 33.1 Å². The summed E-state index contributed by atoms with van der Waals surface area (Å²) in [5.41, 5.74) is 0. The fourth-order valence-electron chi connectivity index (χ4n) is 1.48. The Labute approximate surface area is 65.5 Å². The average Bonchev–Trinajstić information content (AvgIpc) is 2.33. The zero-order valence-electron chi connectivity index (χ0n) is 6.58. The third-order valence-corrected chi connectivity index (χ3v) is 2.15. The zero-order valence-corrected chi connectivity index (χ0v) is 6.58. The van der Waals surface area contributed by atoms with Crippen molar-refractivity contribution in [2.75, 3.05) is 26.7 Å². The molecule has 0 aliphatic carbocycles. The number of amides is 1. The van der Waals surface area contributed by atoms with Crippen LogP contribution in [0.5, 0.6) is 0 Å². The highest BCUT2D eigenvalue weighted by atomic mass is 16.1. The lowest BCUT2D eigenvalue weighted by molar-refractivity contribution is -0.118. The predicted octanol–water partition coefficient (Wildman–Crippen LogP) is -0.480. The van der Waals surface area contributed by atoms with E-state index in [2.05, 4.69) is 9.89 Å². The summed E-state index contributed by atoms with van der Waals surface area (Å²) in [6, 6.07) is 0. The van der Waals surface area contributed by atoms with Gasteiger partial charge < -0.3 is 9.80 Å². The normalized spacial score (nSPS) is 23.7. The summed E-state index contributed by atoms with van der Waals surface area (Å²) in [7, 11) is 1.97. The number of carbonyl (C=O) groups is 1. The third-order valence-electron chi connectivity index (χ3n) is 2.15. The van der Waals surface area contributed by atoms with Crippen molar-refractivity contribution in [3.8, 4) is 0 Å². The molecular formula is C7H11N3O. The Morgan fingerprint density at radius 1 is 1.36 bits per heavy atom. The number of rotatable bonds is 0. The van der Waals surface area contributed by atoms with Crippen molar-refractivity contribution in [2.24, 2.45) is 4.99 Å². The SMILES string of the molecule is CN1CCN2CCC(=O)N=C12. The maximum absolute atomic E-state index is 10.9. The maximum Gasteiger partial charge on any atom is 0.250 e. The van der Waals surface area contributed by atoms with E-state index in [-0.39, 0.29) is 5.91 Å². The molecule has 4 nitrogen and oxygen atoms in total. The number of hydrogen-bond acceptors (Lipinski definition) is 3. The van der Waals surface area contributed by atoms with Gasteiger partial charge in [-0.05, 0) is 0 Å². The molecule has 0 spiro atoms. The highest BCUT2D eigenvalue weighted by Crippen LogP contribution is 2.11. The molecule has 0 unspecified atom stereocenters. The summed E-state index contributed by atoms with van der Waals surface area (Å²) in [5.74, 6) is 0.881. The van der Waals surface area contributed by atoms with E-state index in [0.29, 0.717) is 6.42 Å². The predicted molar refractivity (Wildman–Crippen MR) is 41.3 cm³/mol. The summed E-state index contributed by atoms with van der Waals surface area (Å²) in [5, 5.41) is 0. The molecule has 11 heavy (non-hydrogen) atoms. The molecule has 0 bridgehead atoms. The molecule has 0 aromatic rings. The number of hydrogen-bond donors (Lipinski definition) is 0. The molecule has 1 amide bonds. The first-order chi connectivity index (χ1) is 5.27. The second-order valence-corrected chi connectivity index (χ2v) is 2.96. The van der Waals surface area contributed by atoms with E-state index in [9.17, 15) is 4.79 Å². The van der Waals surface area contributed by atoms with Crippen LogP contribution in [0, 0.1) is 0 Å². The van der Waals surface area contributed by atoms with Gasteiger partial charge in [-0.25, -0.2) is 0 Å². The minimum Gasteiger partial charge on any atom is -0.344 e. The molecule has 0 aromatic carbocycles. The van der Waals surface area contributed by atoms with Gasteiger partial charge in [0.15, 0.2) is 0 Å². The molecule has 2 rings (SSSR count). The van der Waals surface area contributed by atoms with Gasteiger partial charge in [0.2, 0.25) is 5.96 Å². The Balaban J connectivity index is 2.27. The average molecular weight is 153 g/mol. The molecule has 1 fully saturated rings. The summed E-state index contributed by atoms with van der Waals surface area (Å²) in [6.45, 7) is 2.86. The van der Waals surface area contributed by atoms with Crippen LogP contribution in [0.2, 0.25) is 0 Å². The van der Waals surface area contributed by atoms with E-state index < -0.39 is 0 Å². The van der Waals surface area contributed by atoms with Crippen LogP contribution in [0.3, 0.4) is 0 Å². The standard InChI is InChI=1S/C7H11N3O/c1-9-4-5-10-3-2-6(11)8-7(9)10/h2-5H2,1H3. The van der Waals surface area contributed by atoms with Gasteiger partial charge in [-0.2, -0.15) is 4.99 Å². The van der Waals surface area contributed by atoms with Gasteiger partial charge in [-0.15, -0.1) is 0 Å². The Hall–Kier alpha value is -1.06. The molecule has 2 aliphatic heterocycles. The lowest BCUT2D eigenvalue weighted by Gasteiger charge is -2.22. The largest absolute Gasteiger partial charge is 0.344 e. The highest BCUT2D eigenvalue weighted by molar-refractivity contribution is 5.96. The summed E-state index contributed by atoms with van der Waals surface area (Å²) < 4.78 is 0. The van der Waals surface area contributed by atoms with Gasteiger partial charge in [0.1, 0.15) is 0 Å². The number of aliphatic imine (C=N–C) groups is 1. The molecule has 1 saturated heterocycles. The second-order valence-electron chi connectivity index (χ2n) is 2.96. The van der Waals surface area contributed by atoms with Gasteiger partial charge >= 0.3 is 0 Å². The van der Waals surface area contributed by atoms with Crippen LogP contribution in [0.4, 0.5) is 0 Å². The van der Waals surface area contributed by atoms with Crippen LogP contribution in [-0.4, -0.2) is 48.3 Å². The first-order valence-electron chi connectivity index (χ1n) is 3.85. The lowest BCUT2D eigenvalue weighted by atomic mass is 10.3. The van der Waals surface area contributed by atoms with Crippen molar-refractivity contribution in [1.29, 1.82) is 0 Å². The van der Waals surface area contributed by atoms with Gasteiger partial charge in [0.25, 0.3) is 5.91 Å². The molecule has 4 heteroatoms. The van der Waals surface area contributed by atoms with Crippen molar-refractivity contribution in [3.63, 3.8) is 0 Å². The van der Waals surface area contributed by atoms with E-state index in [0.717, 1.165) is 25.6 Å². The number of carbonyl (C=O) groups excluding carboxylic acids is 1. The Morgan fingerprint density at radius 3 is 3.00 bits per heavy atom. The van der Waals surface area contributed by atoms with Crippen LogP contribution in [0.1, 0.15) is 6.42 Å². The molecule has 2 aliphatic rings. The molecular weight excluding hydrogens is 142 g/mol. The monoisotopic (exact) mass is 153 g/mol. The number of nitrogens with zero attached hydrogens (tertiary/aromatic N) is 3. The van der Waals surface area contributed by atoms with Crippen LogP contribution in [0.15, 0.2) is 4.99 Å². The molecule has 60 valence electrons. The molecule has 0 saturated carbocycles. The fourth-order valence-corrected chi connectivity index (χ4v) is 1.48. The third kappa shape index (κ3) is 0.982. The van der Waals surface area contributed by atoms with Gasteiger partial charge in [-0.1, -0.05) is 0 Å². The van der Waals surface area contributed by atoms with E-state index in [1.165, 1.54) is 0 Å².